The number of alkyl halides is 3. The zero-order valence-corrected chi connectivity index (χ0v) is 17.4. The van der Waals surface area contributed by atoms with Gasteiger partial charge in [-0.15, -0.1) is 5.10 Å². The SMILES string of the molecule is C[C@](O)(CC(=O)Nc1nn2c(C(F)(F)F)cccc2c1-c1ccc(F)cc1)c1ccccc1. The summed E-state index contributed by atoms with van der Waals surface area (Å²) in [5, 5.41) is 17.3. The van der Waals surface area contributed by atoms with Gasteiger partial charge >= 0.3 is 6.18 Å². The summed E-state index contributed by atoms with van der Waals surface area (Å²) < 4.78 is 54.8. The van der Waals surface area contributed by atoms with Gasteiger partial charge in [-0.05, 0) is 42.3 Å². The van der Waals surface area contributed by atoms with Gasteiger partial charge in [-0.25, -0.2) is 8.91 Å². The molecule has 170 valence electrons. The number of benzene rings is 2. The van der Waals surface area contributed by atoms with E-state index in [9.17, 15) is 27.5 Å². The zero-order chi connectivity index (χ0) is 23.8. The van der Waals surface area contributed by atoms with Crippen LogP contribution in [-0.2, 0) is 16.6 Å². The number of hydrogen-bond donors (Lipinski definition) is 2. The van der Waals surface area contributed by atoms with Gasteiger partial charge in [0.05, 0.1) is 23.1 Å². The molecule has 2 N–H and O–H groups in total. The molecule has 0 saturated carbocycles. The van der Waals surface area contributed by atoms with E-state index < -0.39 is 29.2 Å². The first-order valence-electron chi connectivity index (χ1n) is 9.99. The number of carbonyl (C=O) groups is 1. The molecular weight excluding hydrogens is 438 g/mol. The Morgan fingerprint density at radius 3 is 2.30 bits per heavy atom. The first-order chi connectivity index (χ1) is 15.6. The number of hydrogen-bond acceptors (Lipinski definition) is 3. The molecule has 9 heteroatoms. The van der Waals surface area contributed by atoms with Gasteiger partial charge in [0, 0.05) is 0 Å². The summed E-state index contributed by atoms with van der Waals surface area (Å²) in [6.07, 6.45) is -5.05. The van der Waals surface area contributed by atoms with Crippen LogP contribution in [0, 0.1) is 5.82 Å². The second kappa shape index (κ2) is 8.32. The Kier molecular flexibility index (Phi) is 5.67. The van der Waals surface area contributed by atoms with Gasteiger partial charge in [0.2, 0.25) is 5.91 Å². The second-order valence-corrected chi connectivity index (χ2v) is 7.80. The molecule has 1 amide bonds. The number of pyridine rings is 1. The van der Waals surface area contributed by atoms with E-state index in [1.54, 1.807) is 30.3 Å². The van der Waals surface area contributed by atoms with E-state index in [2.05, 4.69) is 10.4 Å². The van der Waals surface area contributed by atoms with Gasteiger partial charge in [0.25, 0.3) is 0 Å². The van der Waals surface area contributed by atoms with Gasteiger partial charge in [-0.1, -0.05) is 48.5 Å². The molecular formula is C24H19F4N3O2. The molecule has 0 bridgehead atoms. The zero-order valence-electron chi connectivity index (χ0n) is 17.4. The quantitative estimate of drug-likeness (QED) is 0.395. The van der Waals surface area contributed by atoms with Gasteiger partial charge in [0.1, 0.15) is 11.5 Å². The molecule has 0 saturated heterocycles. The molecule has 2 aromatic carbocycles. The number of anilines is 1. The smallest absolute Gasteiger partial charge is 0.385 e. The molecule has 0 aliphatic rings. The maximum atomic E-state index is 13.6. The van der Waals surface area contributed by atoms with Crippen molar-refractivity contribution in [1.29, 1.82) is 0 Å². The van der Waals surface area contributed by atoms with Crippen molar-refractivity contribution in [3.05, 3.63) is 89.9 Å². The van der Waals surface area contributed by atoms with Crippen LogP contribution in [-0.4, -0.2) is 20.6 Å². The lowest BCUT2D eigenvalue weighted by Gasteiger charge is -2.23. The Labute approximate surface area is 186 Å². The van der Waals surface area contributed by atoms with Gasteiger partial charge in [-0.3, -0.25) is 4.79 Å². The number of amides is 1. The summed E-state index contributed by atoms with van der Waals surface area (Å²) >= 11 is 0. The molecule has 4 rings (SSSR count). The normalized spacial score (nSPS) is 13.6. The fourth-order valence-electron chi connectivity index (χ4n) is 3.66. The summed E-state index contributed by atoms with van der Waals surface area (Å²) in [6.45, 7) is 1.47. The van der Waals surface area contributed by atoms with E-state index in [1.807, 2.05) is 0 Å². The highest BCUT2D eigenvalue weighted by atomic mass is 19.4. The molecule has 2 heterocycles. The van der Waals surface area contributed by atoms with E-state index in [-0.39, 0.29) is 23.3 Å². The molecule has 0 spiro atoms. The van der Waals surface area contributed by atoms with Crippen LogP contribution >= 0.6 is 0 Å². The minimum Gasteiger partial charge on any atom is -0.385 e. The lowest BCUT2D eigenvalue weighted by atomic mass is 9.92. The van der Waals surface area contributed by atoms with Crippen LogP contribution < -0.4 is 5.32 Å². The third-order valence-corrected chi connectivity index (χ3v) is 5.24. The fraction of sp³-hybridized carbons (Fsp3) is 0.167. The van der Waals surface area contributed by atoms with Crippen molar-refractivity contribution in [2.24, 2.45) is 0 Å². The number of rotatable bonds is 5. The number of fused-ring (bicyclic) bond motifs is 1. The molecule has 0 radical (unpaired) electrons. The maximum Gasteiger partial charge on any atom is 0.433 e. The topological polar surface area (TPSA) is 66.6 Å². The Balaban J connectivity index is 1.77. The van der Waals surface area contributed by atoms with Crippen molar-refractivity contribution in [2.75, 3.05) is 5.32 Å². The first-order valence-corrected chi connectivity index (χ1v) is 9.99. The van der Waals surface area contributed by atoms with Crippen LogP contribution in [0.3, 0.4) is 0 Å². The van der Waals surface area contributed by atoms with Crippen molar-refractivity contribution in [1.82, 2.24) is 9.61 Å². The van der Waals surface area contributed by atoms with Crippen LogP contribution in [0.2, 0.25) is 0 Å². The van der Waals surface area contributed by atoms with E-state index >= 15 is 0 Å². The highest BCUT2D eigenvalue weighted by molar-refractivity contribution is 5.99. The van der Waals surface area contributed by atoms with Gasteiger partial charge in [0.15, 0.2) is 5.82 Å². The molecule has 0 unspecified atom stereocenters. The van der Waals surface area contributed by atoms with Crippen LogP contribution in [0.4, 0.5) is 23.4 Å². The van der Waals surface area contributed by atoms with Crippen molar-refractivity contribution in [2.45, 2.75) is 25.1 Å². The second-order valence-electron chi connectivity index (χ2n) is 7.80. The molecule has 33 heavy (non-hydrogen) atoms. The molecule has 1 atom stereocenters. The number of aromatic nitrogens is 2. The van der Waals surface area contributed by atoms with Crippen molar-refractivity contribution < 1.29 is 27.5 Å². The fourth-order valence-corrected chi connectivity index (χ4v) is 3.66. The minimum atomic E-state index is -4.69. The van der Waals surface area contributed by atoms with Crippen molar-refractivity contribution in [3.8, 4) is 11.1 Å². The number of nitrogens with zero attached hydrogens (tertiary/aromatic N) is 2. The van der Waals surface area contributed by atoms with Gasteiger partial charge in [-0.2, -0.15) is 13.2 Å². The maximum absolute atomic E-state index is 13.6. The van der Waals surface area contributed by atoms with Gasteiger partial charge < -0.3 is 10.4 Å². The van der Waals surface area contributed by atoms with Crippen LogP contribution in [0.25, 0.3) is 16.6 Å². The molecule has 0 fully saturated rings. The van der Waals surface area contributed by atoms with E-state index in [0.717, 1.165) is 18.2 Å². The summed E-state index contributed by atoms with van der Waals surface area (Å²) in [6, 6.07) is 17.2. The van der Waals surface area contributed by atoms with Crippen molar-refractivity contribution >= 4 is 17.2 Å². The first kappa shape index (κ1) is 22.5. The van der Waals surface area contributed by atoms with E-state index in [1.165, 1.54) is 31.2 Å². The predicted octanol–water partition coefficient (Wildman–Crippen LogP) is 5.40. The summed E-state index contributed by atoms with van der Waals surface area (Å²) in [7, 11) is 0. The molecule has 0 aliphatic heterocycles. The van der Waals surface area contributed by atoms with Crippen molar-refractivity contribution in [3.63, 3.8) is 0 Å². The Morgan fingerprint density at radius 2 is 1.67 bits per heavy atom. The molecule has 4 aromatic rings. The lowest BCUT2D eigenvalue weighted by Crippen LogP contribution is -2.28. The van der Waals surface area contributed by atoms with E-state index in [0.29, 0.717) is 15.6 Å². The monoisotopic (exact) mass is 457 g/mol. The highest BCUT2D eigenvalue weighted by Crippen LogP contribution is 2.37. The Bertz CT molecular complexity index is 1300. The molecule has 0 aliphatic carbocycles. The van der Waals surface area contributed by atoms with Crippen LogP contribution in [0.15, 0.2) is 72.8 Å². The van der Waals surface area contributed by atoms with Crippen LogP contribution in [0.5, 0.6) is 0 Å². The third kappa shape index (κ3) is 4.58. The number of carbonyl (C=O) groups excluding carboxylic acids is 1. The largest absolute Gasteiger partial charge is 0.433 e. The summed E-state index contributed by atoms with van der Waals surface area (Å²) in [4.78, 5) is 12.8. The summed E-state index contributed by atoms with van der Waals surface area (Å²) in [5.74, 6) is -1.30. The standard InChI is InChI=1S/C24H19F4N3O2/c1-23(33,16-6-3-2-4-7-16)14-20(32)29-22-21(15-10-12-17(25)13-11-15)18-8-5-9-19(24(26,27)28)31(18)30-22/h2-13,33H,14H2,1H3,(H,29,30,32)/t23-/m0/s1. The Hall–Kier alpha value is -3.72. The highest BCUT2D eigenvalue weighted by Gasteiger charge is 2.35. The van der Waals surface area contributed by atoms with E-state index in [4.69, 9.17) is 0 Å². The summed E-state index contributed by atoms with van der Waals surface area (Å²) in [5.41, 5.74) is -1.38. The lowest BCUT2D eigenvalue weighted by molar-refractivity contribution is -0.142. The average Bonchev–Trinajstić information content (AvgIpc) is 3.11. The third-order valence-electron chi connectivity index (χ3n) is 5.24. The minimum absolute atomic E-state index is 0.0848. The predicted molar refractivity (Wildman–Crippen MR) is 115 cm³/mol. The number of nitrogens with one attached hydrogen (secondary N) is 1. The Morgan fingerprint density at radius 1 is 1.00 bits per heavy atom. The number of halogens is 4. The van der Waals surface area contributed by atoms with Crippen LogP contribution in [0.1, 0.15) is 24.6 Å². The molecule has 5 nitrogen and oxygen atoms in total. The molecule has 2 aromatic heterocycles. The number of aliphatic hydroxyl groups is 1. The average molecular weight is 457 g/mol.